The molecule has 12 nitrogen and oxygen atoms in total. The summed E-state index contributed by atoms with van der Waals surface area (Å²) < 4.78 is 47.2. The molecule has 4 bridgehead atoms. The normalized spacial score (nSPS) is 29.2. The largest absolute Gasteiger partial charge is 1.00 e. The van der Waals surface area contributed by atoms with Crippen LogP contribution in [0, 0.1) is 0 Å². The van der Waals surface area contributed by atoms with E-state index in [0.717, 1.165) is 84.5 Å². The number of quaternary nitrogens is 2. The van der Waals surface area contributed by atoms with Crippen LogP contribution < -0.4 is 62.4 Å². The Kier molecular flexibility index (Phi) is 14.9. The summed E-state index contributed by atoms with van der Waals surface area (Å²) in [7, 11) is 14.4. The molecule has 0 saturated carbocycles. The molecule has 0 aromatic heterocycles. The van der Waals surface area contributed by atoms with Gasteiger partial charge in [0, 0.05) is 62.5 Å². The summed E-state index contributed by atoms with van der Waals surface area (Å²) in [6, 6.07) is 9.62. The Balaban J connectivity index is 0.00000325. The molecule has 4 aliphatic heterocycles. The van der Waals surface area contributed by atoms with Crippen LogP contribution in [0.2, 0.25) is 0 Å². The van der Waals surface area contributed by atoms with Crippen molar-refractivity contribution in [3.05, 3.63) is 35.4 Å². The number of esters is 2. The van der Waals surface area contributed by atoms with E-state index in [9.17, 15) is 9.59 Å². The van der Waals surface area contributed by atoms with Gasteiger partial charge in [-0.05, 0) is 24.3 Å². The van der Waals surface area contributed by atoms with E-state index in [4.69, 9.17) is 37.9 Å². The van der Waals surface area contributed by atoms with Crippen molar-refractivity contribution in [3.63, 3.8) is 0 Å². The van der Waals surface area contributed by atoms with Gasteiger partial charge in [0.2, 0.25) is 11.5 Å². The van der Waals surface area contributed by atoms with Crippen molar-refractivity contribution in [1.82, 2.24) is 0 Å². The molecule has 302 valence electrons. The Morgan fingerprint density at radius 3 is 1.04 bits per heavy atom. The number of benzene rings is 2. The highest BCUT2D eigenvalue weighted by Gasteiger charge is 2.54. The molecule has 0 N–H and O–H groups in total. The minimum absolute atomic E-state index is 0. The van der Waals surface area contributed by atoms with Crippen LogP contribution in [-0.4, -0.2) is 114 Å². The quantitative estimate of drug-likeness (QED) is 0.173. The first kappa shape index (κ1) is 43.8. The number of halogens is 2. The predicted molar refractivity (Wildman–Crippen MR) is 193 cm³/mol. The van der Waals surface area contributed by atoms with Crippen molar-refractivity contribution in [2.75, 3.05) is 56.8 Å². The Morgan fingerprint density at radius 1 is 0.519 bits per heavy atom. The van der Waals surface area contributed by atoms with Crippen molar-refractivity contribution in [2.45, 2.75) is 114 Å². The monoisotopic (exact) mass is 884 g/mol. The summed E-state index contributed by atoms with van der Waals surface area (Å²) in [5.74, 6) is 3.15. The number of nitrogens with zero attached hydrogens (tertiary/aromatic N) is 2. The fourth-order valence-electron chi connectivity index (χ4n) is 10.0. The third-order valence-corrected chi connectivity index (χ3v) is 12.8. The van der Waals surface area contributed by atoms with Gasteiger partial charge in [0.25, 0.3) is 0 Å². The van der Waals surface area contributed by atoms with E-state index in [1.54, 1.807) is 42.7 Å². The second-order valence-electron chi connectivity index (χ2n) is 15.5. The fraction of sp³-hybridized carbons (Fsp3) is 0.650. The number of carbonyl (C=O) groups excluding carboxylic acids is 2. The maximum atomic E-state index is 13.0. The lowest BCUT2D eigenvalue weighted by molar-refractivity contribution is -0.961. The third kappa shape index (κ3) is 8.71. The van der Waals surface area contributed by atoms with Crippen LogP contribution in [0.25, 0.3) is 0 Å². The molecule has 4 saturated heterocycles. The molecule has 6 rings (SSSR count). The first-order valence-corrected chi connectivity index (χ1v) is 18.6. The number of piperidine rings is 2. The third-order valence-electron chi connectivity index (χ3n) is 12.8. The van der Waals surface area contributed by atoms with Gasteiger partial charge in [0.15, 0.2) is 23.0 Å². The molecule has 0 spiro atoms. The Labute approximate surface area is 341 Å². The van der Waals surface area contributed by atoms with E-state index >= 15 is 0 Å². The first-order valence-electron chi connectivity index (χ1n) is 18.6. The van der Waals surface area contributed by atoms with Crippen LogP contribution in [0.5, 0.6) is 34.5 Å². The SMILES string of the molecule is COc1cc(C[N+]2(C)[C@@H]3CC[C@H]2CC(OC(=O)CCC(=O)OC2C[C@H]4CC[C@@H](C2)[N+]4(C)Cc2cc(OC)c(OC)c(OC)c2)C3)cc(OC)c1OC.[Br-].[Br-]. The number of methoxy groups -OCH3 is 6. The molecule has 0 radical (unpaired) electrons. The Hall–Kier alpha value is -2.94. The van der Waals surface area contributed by atoms with Crippen LogP contribution in [-0.2, 0) is 32.2 Å². The number of fused-ring (bicyclic) bond motifs is 4. The minimum atomic E-state index is -0.319. The summed E-state index contributed by atoms with van der Waals surface area (Å²) in [5.41, 5.74) is 2.24. The Bertz CT molecular complexity index is 1430. The molecular formula is C40H58Br2N2O10. The highest BCUT2D eigenvalue weighted by atomic mass is 79.9. The summed E-state index contributed by atoms with van der Waals surface area (Å²) >= 11 is 0. The summed E-state index contributed by atoms with van der Waals surface area (Å²) in [5, 5.41) is 0. The van der Waals surface area contributed by atoms with Crippen LogP contribution in [0.3, 0.4) is 0 Å². The maximum absolute atomic E-state index is 13.0. The Morgan fingerprint density at radius 2 is 0.796 bits per heavy atom. The van der Waals surface area contributed by atoms with Gasteiger partial charge in [-0.2, -0.15) is 0 Å². The van der Waals surface area contributed by atoms with Crippen molar-refractivity contribution >= 4 is 11.9 Å². The van der Waals surface area contributed by atoms with E-state index in [2.05, 4.69) is 14.1 Å². The first-order chi connectivity index (χ1) is 25.0. The lowest BCUT2D eigenvalue weighted by atomic mass is 9.95. The van der Waals surface area contributed by atoms with Gasteiger partial charge in [0.05, 0.1) is 93.8 Å². The second-order valence-corrected chi connectivity index (χ2v) is 15.5. The van der Waals surface area contributed by atoms with E-state index in [-0.39, 0.29) is 71.0 Å². The van der Waals surface area contributed by atoms with Crippen LogP contribution >= 0.6 is 0 Å². The molecule has 0 aliphatic carbocycles. The average Bonchev–Trinajstić information content (AvgIpc) is 3.36. The molecule has 4 heterocycles. The van der Waals surface area contributed by atoms with Gasteiger partial charge in [0.1, 0.15) is 25.3 Å². The molecule has 54 heavy (non-hydrogen) atoms. The van der Waals surface area contributed by atoms with Gasteiger partial charge < -0.3 is 80.8 Å². The van der Waals surface area contributed by atoms with Gasteiger partial charge in [-0.25, -0.2) is 0 Å². The number of hydrogen-bond donors (Lipinski definition) is 0. The molecule has 14 heteroatoms. The molecule has 4 fully saturated rings. The van der Waals surface area contributed by atoms with Gasteiger partial charge in [-0.1, -0.05) is 0 Å². The predicted octanol–water partition coefficient (Wildman–Crippen LogP) is -0.407. The van der Waals surface area contributed by atoms with E-state index in [1.807, 2.05) is 24.3 Å². The van der Waals surface area contributed by atoms with E-state index < -0.39 is 0 Å². The molecule has 8 atom stereocenters. The lowest BCUT2D eigenvalue weighted by Gasteiger charge is -2.47. The minimum Gasteiger partial charge on any atom is -1.00 e. The highest BCUT2D eigenvalue weighted by Crippen LogP contribution is 2.47. The number of ether oxygens (including phenoxy) is 8. The van der Waals surface area contributed by atoms with Crippen LogP contribution in [0.4, 0.5) is 0 Å². The topological polar surface area (TPSA) is 108 Å². The number of carbonyl (C=O) groups is 2. The van der Waals surface area contributed by atoms with E-state index in [1.165, 1.54) is 0 Å². The molecule has 2 aromatic rings. The number of hydrogen-bond acceptors (Lipinski definition) is 10. The smallest absolute Gasteiger partial charge is 0.306 e. The van der Waals surface area contributed by atoms with Crippen LogP contribution in [0.15, 0.2) is 24.3 Å². The van der Waals surface area contributed by atoms with Crippen molar-refractivity contribution in [3.8, 4) is 34.5 Å². The van der Waals surface area contributed by atoms with Crippen LogP contribution in [0.1, 0.15) is 75.3 Å². The van der Waals surface area contributed by atoms with Gasteiger partial charge in [-0.15, -0.1) is 0 Å². The van der Waals surface area contributed by atoms with Crippen molar-refractivity contribution < 1.29 is 90.4 Å². The molecule has 4 unspecified atom stereocenters. The second kappa shape index (κ2) is 18.3. The van der Waals surface area contributed by atoms with Crippen molar-refractivity contribution in [1.29, 1.82) is 0 Å². The highest BCUT2D eigenvalue weighted by molar-refractivity contribution is 5.77. The number of rotatable bonds is 15. The molecule has 2 aromatic carbocycles. The average molecular weight is 887 g/mol. The molecule has 0 amide bonds. The summed E-state index contributed by atoms with van der Waals surface area (Å²) in [6.07, 6.45) is 7.42. The maximum Gasteiger partial charge on any atom is 0.306 e. The van der Waals surface area contributed by atoms with Gasteiger partial charge in [-0.3, -0.25) is 9.59 Å². The lowest BCUT2D eigenvalue weighted by Crippen LogP contribution is -3.00. The zero-order valence-electron chi connectivity index (χ0n) is 33.0. The van der Waals surface area contributed by atoms with Gasteiger partial charge >= 0.3 is 11.9 Å². The van der Waals surface area contributed by atoms with E-state index in [0.29, 0.717) is 58.7 Å². The summed E-state index contributed by atoms with van der Waals surface area (Å²) in [4.78, 5) is 26.0. The van der Waals surface area contributed by atoms with Crippen molar-refractivity contribution in [2.24, 2.45) is 0 Å². The zero-order valence-corrected chi connectivity index (χ0v) is 36.2. The standard InChI is InChI=1S/C40H58N2O10.2BrH/c1-41(23-25-15-33(45-3)39(49-7)34(16-25)46-4)27-9-10-28(41)20-31(19-27)51-37(43)13-14-38(44)52-32-21-29-11-12-30(22-32)42(29,2)24-26-17-35(47-5)40(50-8)36(18-26)48-6;;/h15-18,27-32H,9-14,19-24H2,1-8H3;2*1H/q+2;;/p-2/t27-,28+,29-,30+,31?,32?,41?,42?;;. The molecular weight excluding hydrogens is 828 g/mol. The summed E-state index contributed by atoms with van der Waals surface area (Å²) in [6.45, 7) is 1.65. The fourth-order valence-corrected chi connectivity index (χ4v) is 10.0. The zero-order chi connectivity index (χ0) is 37.2. The molecule has 4 aliphatic rings.